The number of rotatable bonds is 3. The number of aromatic nitrogens is 2. The topological polar surface area (TPSA) is 8.81 Å². The number of aryl methyl sites for hydroxylation is 3. The first-order chi connectivity index (χ1) is 13.6. The SMILES string of the molecule is CCCn1ccc2ccc(-c3ccc4c(c3)c3cc(C)ccc3c[n+]4C)cc21.[Cl-]. The third-order valence-electron chi connectivity index (χ3n) is 5.78. The van der Waals surface area contributed by atoms with Gasteiger partial charge in [0.15, 0.2) is 6.20 Å². The number of hydrogen-bond donors (Lipinski definition) is 0. The summed E-state index contributed by atoms with van der Waals surface area (Å²) in [5.74, 6) is 0. The van der Waals surface area contributed by atoms with E-state index in [1.165, 1.54) is 49.3 Å². The third-order valence-corrected chi connectivity index (χ3v) is 5.78. The van der Waals surface area contributed by atoms with E-state index in [2.05, 4.69) is 103 Å². The second kappa shape index (κ2) is 7.53. The van der Waals surface area contributed by atoms with Gasteiger partial charge in [-0.05, 0) is 60.2 Å². The fourth-order valence-electron chi connectivity index (χ4n) is 4.33. The molecule has 29 heavy (non-hydrogen) atoms. The van der Waals surface area contributed by atoms with Crippen LogP contribution in [0.25, 0.3) is 43.7 Å². The molecule has 2 aromatic heterocycles. The maximum atomic E-state index is 2.36. The van der Waals surface area contributed by atoms with Crippen molar-refractivity contribution in [2.45, 2.75) is 26.8 Å². The molecule has 2 nitrogen and oxygen atoms in total. The van der Waals surface area contributed by atoms with Gasteiger partial charge in [0.05, 0.1) is 5.39 Å². The summed E-state index contributed by atoms with van der Waals surface area (Å²) in [4.78, 5) is 0. The number of halogens is 1. The maximum absolute atomic E-state index is 2.36. The number of pyridine rings is 1. The molecule has 3 aromatic carbocycles. The molecule has 0 atom stereocenters. The summed E-state index contributed by atoms with van der Waals surface area (Å²) >= 11 is 0. The van der Waals surface area contributed by atoms with E-state index < -0.39 is 0 Å². The van der Waals surface area contributed by atoms with Crippen molar-refractivity contribution in [3.05, 3.63) is 78.6 Å². The van der Waals surface area contributed by atoms with E-state index in [4.69, 9.17) is 0 Å². The highest BCUT2D eigenvalue weighted by Gasteiger charge is 2.12. The number of hydrogen-bond acceptors (Lipinski definition) is 0. The molecular formula is C26H25ClN2. The van der Waals surface area contributed by atoms with Crippen molar-refractivity contribution in [2.24, 2.45) is 7.05 Å². The standard InChI is InChI=1S/C26H25N2.ClH/c1-4-12-28-13-11-19-7-8-21(16-26(19)28)20-9-10-25-24(15-20)23-14-18(2)5-6-22(23)17-27(25)3;/h5-11,13-17H,4,12H2,1-3H3;1H/q+1;/p-1. The van der Waals surface area contributed by atoms with E-state index in [9.17, 15) is 0 Å². The Hall–Kier alpha value is -2.84. The van der Waals surface area contributed by atoms with Gasteiger partial charge in [0, 0.05) is 35.1 Å². The summed E-state index contributed by atoms with van der Waals surface area (Å²) in [7, 11) is 2.13. The van der Waals surface area contributed by atoms with E-state index in [0.29, 0.717) is 0 Å². The summed E-state index contributed by atoms with van der Waals surface area (Å²) in [6, 6.07) is 22.6. The lowest BCUT2D eigenvalue weighted by Crippen LogP contribution is -3.00. The molecule has 0 saturated heterocycles. The molecule has 0 saturated carbocycles. The van der Waals surface area contributed by atoms with Gasteiger partial charge in [0.2, 0.25) is 5.52 Å². The van der Waals surface area contributed by atoms with Crippen LogP contribution in [0.2, 0.25) is 0 Å². The van der Waals surface area contributed by atoms with E-state index in [1.54, 1.807) is 0 Å². The van der Waals surface area contributed by atoms with Crippen molar-refractivity contribution in [3.8, 4) is 11.1 Å². The van der Waals surface area contributed by atoms with Gasteiger partial charge in [-0.2, -0.15) is 0 Å². The van der Waals surface area contributed by atoms with Crippen LogP contribution in [0.3, 0.4) is 0 Å². The molecule has 0 amide bonds. The van der Waals surface area contributed by atoms with Crippen LogP contribution >= 0.6 is 0 Å². The molecule has 0 aliphatic heterocycles. The van der Waals surface area contributed by atoms with Gasteiger partial charge >= 0.3 is 0 Å². The Bertz CT molecular complexity index is 1350. The third kappa shape index (κ3) is 3.28. The molecule has 0 radical (unpaired) electrons. The Morgan fingerprint density at radius 3 is 2.41 bits per heavy atom. The molecule has 5 rings (SSSR count). The van der Waals surface area contributed by atoms with Crippen LogP contribution in [0.1, 0.15) is 18.9 Å². The smallest absolute Gasteiger partial charge is 0.212 e. The summed E-state index contributed by atoms with van der Waals surface area (Å²) in [5.41, 5.74) is 6.42. The molecule has 146 valence electrons. The van der Waals surface area contributed by atoms with Gasteiger partial charge in [0.1, 0.15) is 7.05 Å². The van der Waals surface area contributed by atoms with E-state index in [-0.39, 0.29) is 12.4 Å². The monoisotopic (exact) mass is 400 g/mol. The predicted molar refractivity (Wildman–Crippen MR) is 119 cm³/mol. The summed E-state index contributed by atoms with van der Waals surface area (Å²) in [6.45, 7) is 5.45. The number of benzene rings is 3. The summed E-state index contributed by atoms with van der Waals surface area (Å²) in [5, 5.41) is 5.23. The minimum atomic E-state index is 0. The van der Waals surface area contributed by atoms with Crippen LogP contribution in [-0.2, 0) is 13.6 Å². The predicted octanol–water partition coefficient (Wildman–Crippen LogP) is 3.16. The molecule has 0 spiro atoms. The first kappa shape index (κ1) is 19.5. The van der Waals surface area contributed by atoms with Crippen molar-refractivity contribution < 1.29 is 17.0 Å². The fraction of sp³-hybridized carbons (Fsp3) is 0.192. The van der Waals surface area contributed by atoms with Gasteiger partial charge in [-0.1, -0.05) is 36.8 Å². The van der Waals surface area contributed by atoms with E-state index >= 15 is 0 Å². The largest absolute Gasteiger partial charge is 1.00 e. The highest BCUT2D eigenvalue weighted by atomic mass is 35.5. The highest BCUT2D eigenvalue weighted by Crippen LogP contribution is 2.30. The van der Waals surface area contributed by atoms with Crippen molar-refractivity contribution in [3.63, 3.8) is 0 Å². The zero-order valence-corrected chi connectivity index (χ0v) is 17.9. The van der Waals surface area contributed by atoms with Crippen molar-refractivity contribution >= 4 is 32.6 Å². The molecule has 2 heterocycles. The Kier molecular flexibility index (Phi) is 5.06. The van der Waals surface area contributed by atoms with Gasteiger partial charge in [-0.25, -0.2) is 4.57 Å². The lowest BCUT2D eigenvalue weighted by atomic mass is 9.98. The van der Waals surface area contributed by atoms with Crippen LogP contribution in [0.5, 0.6) is 0 Å². The van der Waals surface area contributed by atoms with E-state index in [1.807, 2.05) is 0 Å². The second-order valence-electron chi connectivity index (χ2n) is 7.85. The Morgan fingerprint density at radius 2 is 1.59 bits per heavy atom. The lowest BCUT2D eigenvalue weighted by Gasteiger charge is -2.09. The maximum Gasteiger partial charge on any atom is 0.212 e. The van der Waals surface area contributed by atoms with Crippen molar-refractivity contribution in [1.29, 1.82) is 0 Å². The number of nitrogens with zero attached hydrogens (tertiary/aromatic N) is 2. The Labute approximate surface area is 177 Å². The first-order valence-electron chi connectivity index (χ1n) is 10.1. The normalized spacial score (nSPS) is 11.3. The first-order valence-corrected chi connectivity index (χ1v) is 10.1. The van der Waals surface area contributed by atoms with Crippen molar-refractivity contribution in [1.82, 2.24) is 4.57 Å². The minimum absolute atomic E-state index is 0. The molecule has 0 aliphatic rings. The van der Waals surface area contributed by atoms with Gasteiger partial charge < -0.3 is 17.0 Å². The minimum Gasteiger partial charge on any atom is -1.00 e. The summed E-state index contributed by atoms with van der Waals surface area (Å²) < 4.78 is 4.59. The fourth-order valence-corrected chi connectivity index (χ4v) is 4.33. The van der Waals surface area contributed by atoms with Gasteiger partial charge in [-0.3, -0.25) is 0 Å². The average Bonchev–Trinajstić information content (AvgIpc) is 3.11. The molecule has 0 bridgehead atoms. The van der Waals surface area contributed by atoms with Crippen LogP contribution < -0.4 is 17.0 Å². The molecule has 0 aliphatic carbocycles. The Balaban J connectivity index is 0.00000205. The van der Waals surface area contributed by atoms with Gasteiger partial charge in [-0.15, -0.1) is 0 Å². The molecular weight excluding hydrogens is 376 g/mol. The van der Waals surface area contributed by atoms with Crippen molar-refractivity contribution in [2.75, 3.05) is 0 Å². The van der Waals surface area contributed by atoms with Crippen LogP contribution in [0.4, 0.5) is 0 Å². The average molecular weight is 401 g/mol. The molecule has 0 fully saturated rings. The second-order valence-corrected chi connectivity index (χ2v) is 7.85. The zero-order chi connectivity index (χ0) is 19.3. The molecule has 3 heteroatoms. The zero-order valence-electron chi connectivity index (χ0n) is 17.1. The molecule has 0 unspecified atom stereocenters. The van der Waals surface area contributed by atoms with E-state index in [0.717, 1.165) is 13.0 Å². The summed E-state index contributed by atoms with van der Waals surface area (Å²) in [6.07, 6.45) is 5.57. The Morgan fingerprint density at radius 1 is 0.828 bits per heavy atom. The highest BCUT2D eigenvalue weighted by molar-refractivity contribution is 6.05. The van der Waals surface area contributed by atoms with Crippen LogP contribution in [-0.4, -0.2) is 4.57 Å². The van der Waals surface area contributed by atoms with Crippen LogP contribution in [0.15, 0.2) is 73.1 Å². The molecule has 0 N–H and O–H groups in total. The number of fused-ring (bicyclic) bond motifs is 4. The van der Waals surface area contributed by atoms with Crippen LogP contribution in [0, 0.1) is 6.92 Å². The lowest BCUT2D eigenvalue weighted by molar-refractivity contribution is -0.643. The van der Waals surface area contributed by atoms with Gasteiger partial charge in [0.25, 0.3) is 0 Å². The quantitative estimate of drug-likeness (QED) is 0.325. The molecule has 5 aromatic rings.